The molecular formula is C14H17N3O3S. The third-order valence-corrected chi connectivity index (χ3v) is 4.71. The zero-order chi connectivity index (χ0) is 15.5. The summed E-state index contributed by atoms with van der Waals surface area (Å²) in [6.07, 6.45) is 1.95. The van der Waals surface area contributed by atoms with Crippen molar-refractivity contribution in [3.05, 3.63) is 29.8 Å². The van der Waals surface area contributed by atoms with E-state index in [9.17, 15) is 13.2 Å². The van der Waals surface area contributed by atoms with Crippen LogP contribution in [0.25, 0.3) is 0 Å². The number of amides is 1. The average molecular weight is 307 g/mol. The van der Waals surface area contributed by atoms with Crippen LogP contribution in [0.1, 0.15) is 29.6 Å². The highest BCUT2D eigenvalue weighted by atomic mass is 32.2. The third-order valence-electron chi connectivity index (χ3n) is 3.20. The van der Waals surface area contributed by atoms with E-state index in [0.29, 0.717) is 12.1 Å². The number of hydrogen-bond donors (Lipinski definition) is 1. The van der Waals surface area contributed by atoms with Gasteiger partial charge in [0.05, 0.1) is 17.4 Å². The van der Waals surface area contributed by atoms with Gasteiger partial charge in [-0.3, -0.25) is 4.79 Å². The number of nitrogens with zero attached hydrogens (tertiary/aromatic N) is 2. The van der Waals surface area contributed by atoms with Crippen LogP contribution in [0.4, 0.5) is 0 Å². The molecule has 0 aliphatic heterocycles. The summed E-state index contributed by atoms with van der Waals surface area (Å²) in [6.45, 7) is 0.312. The molecule has 7 heteroatoms. The Hall–Kier alpha value is -1.91. The van der Waals surface area contributed by atoms with Gasteiger partial charge < -0.3 is 4.90 Å². The van der Waals surface area contributed by atoms with Crippen molar-refractivity contribution in [1.29, 1.82) is 5.26 Å². The van der Waals surface area contributed by atoms with Crippen LogP contribution in [0, 0.1) is 11.3 Å². The molecule has 0 heterocycles. The molecule has 1 saturated carbocycles. The molecule has 2 rings (SSSR count). The van der Waals surface area contributed by atoms with Gasteiger partial charge in [0.2, 0.25) is 10.0 Å². The van der Waals surface area contributed by atoms with Crippen LogP contribution in [0.2, 0.25) is 0 Å². The maximum absolute atomic E-state index is 12.2. The molecule has 1 N–H and O–H groups in total. The van der Waals surface area contributed by atoms with Crippen molar-refractivity contribution in [2.45, 2.75) is 30.2 Å². The van der Waals surface area contributed by atoms with E-state index >= 15 is 0 Å². The third kappa shape index (κ3) is 4.03. The molecule has 0 spiro atoms. The minimum absolute atomic E-state index is 0.0210. The first-order chi connectivity index (χ1) is 9.94. The molecule has 0 atom stereocenters. The van der Waals surface area contributed by atoms with Gasteiger partial charge in [0.1, 0.15) is 0 Å². The van der Waals surface area contributed by atoms with Crippen LogP contribution in [0.15, 0.2) is 29.2 Å². The molecule has 1 aliphatic carbocycles. The molecule has 1 aliphatic rings. The van der Waals surface area contributed by atoms with Gasteiger partial charge in [-0.2, -0.15) is 5.26 Å². The van der Waals surface area contributed by atoms with Crippen LogP contribution in [0.3, 0.4) is 0 Å². The first kappa shape index (κ1) is 15.5. The maximum Gasteiger partial charge on any atom is 0.253 e. The van der Waals surface area contributed by atoms with E-state index in [1.54, 1.807) is 19.2 Å². The Balaban J connectivity index is 2.17. The molecule has 0 saturated heterocycles. The Bertz CT molecular complexity index is 675. The van der Waals surface area contributed by atoms with Crippen molar-refractivity contribution in [3.63, 3.8) is 0 Å². The maximum atomic E-state index is 12.2. The van der Waals surface area contributed by atoms with E-state index in [0.717, 1.165) is 12.8 Å². The highest BCUT2D eigenvalue weighted by Gasteiger charge is 2.28. The summed E-state index contributed by atoms with van der Waals surface area (Å²) in [4.78, 5) is 13.7. The molecule has 0 unspecified atom stereocenters. The van der Waals surface area contributed by atoms with Gasteiger partial charge in [0.15, 0.2) is 0 Å². The van der Waals surface area contributed by atoms with E-state index in [1.165, 1.54) is 17.0 Å². The lowest BCUT2D eigenvalue weighted by molar-refractivity contribution is 0.0798. The van der Waals surface area contributed by atoms with Crippen LogP contribution in [-0.4, -0.2) is 38.9 Å². The van der Waals surface area contributed by atoms with E-state index in [1.807, 2.05) is 6.07 Å². The number of nitriles is 1. The fourth-order valence-corrected chi connectivity index (χ4v) is 3.18. The summed E-state index contributed by atoms with van der Waals surface area (Å²) in [5.41, 5.74) is 0.300. The molecule has 0 radical (unpaired) electrons. The summed E-state index contributed by atoms with van der Waals surface area (Å²) < 4.78 is 26.8. The van der Waals surface area contributed by atoms with Crippen molar-refractivity contribution in [3.8, 4) is 6.07 Å². The molecular weight excluding hydrogens is 290 g/mol. The van der Waals surface area contributed by atoms with E-state index < -0.39 is 10.0 Å². The van der Waals surface area contributed by atoms with Gasteiger partial charge >= 0.3 is 0 Å². The van der Waals surface area contributed by atoms with Gasteiger partial charge in [-0.1, -0.05) is 6.07 Å². The van der Waals surface area contributed by atoms with Gasteiger partial charge in [0.25, 0.3) is 5.91 Å². The van der Waals surface area contributed by atoms with Crippen LogP contribution in [0.5, 0.6) is 0 Å². The second-order valence-corrected chi connectivity index (χ2v) is 6.77. The molecule has 112 valence electrons. The molecule has 1 fully saturated rings. The zero-order valence-electron chi connectivity index (χ0n) is 11.7. The van der Waals surface area contributed by atoms with Gasteiger partial charge in [-0.25, -0.2) is 13.1 Å². The van der Waals surface area contributed by atoms with Gasteiger partial charge in [0, 0.05) is 25.2 Å². The molecule has 1 aromatic rings. The number of carbonyl (C=O) groups is 1. The number of benzene rings is 1. The smallest absolute Gasteiger partial charge is 0.253 e. The lowest BCUT2D eigenvalue weighted by Gasteiger charge is -2.16. The van der Waals surface area contributed by atoms with Crippen molar-refractivity contribution in [2.75, 3.05) is 13.6 Å². The first-order valence-corrected chi connectivity index (χ1v) is 8.17. The topological polar surface area (TPSA) is 90.3 Å². The summed E-state index contributed by atoms with van der Waals surface area (Å²) in [6, 6.07) is 7.95. The van der Waals surface area contributed by atoms with E-state index in [2.05, 4.69) is 4.72 Å². The lowest BCUT2D eigenvalue weighted by atomic mass is 10.2. The molecule has 21 heavy (non-hydrogen) atoms. The van der Waals surface area contributed by atoms with Gasteiger partial charge in [-0.05, 0) is 31.0 Å². The highest BCUT2D eigenvalue weighted by Crippen LogP contribution is 2.22. The zero-order valence-corrected chi connectivity index (χ0v) is 12.6. The average Bonchev–Trinajstić information content (AvgIpc) is 3.27. The fourth-order valence-electron chi connectivity index (χ4n) is 1.82. The SMILES string of the molecule is CN(CCC#N)C(=O)c1cccc(S(=O)(=O)NC2CC2)c1. The summed E-state index contributed by atoms with van der Waals surface area (Å²) in [5.74, 6) is -0.297. The van der Waals surface area contributed by atoms with Crippen molar-refractivity contribution >= 4 is 15.9 Å². The summed E-state index contributed by atoms with van der Waals surface area (Å²) in [5, 5.41) is 8.53. The van der Waals surface area contributed by atoms with Gasteiger partial charge in [-0.15, -0.1) is 0 Å². The largest absolute Gasteiger partial charge is 0.341 e. The second-order valence-electron chi connectivity index (χ2n) is 5.06. The Morgan fingerprint density at radius 1 is 1.48 bits per heavy atom. The van der Waals surface area contributed by atoms with Crippen molar-refractivity contribution in [1.82, 2.24) is 9.62 Å². The van der Waals surface area contributed by atoms with Crippen LogP contribution >= 0.6 is 0 Å². The number of rotatable bonds is 6. The quantitative estimate of drug-likeness (QED) is 0.852. The molecule has 1 aromatic carbocycles. The summed E-state index contributed by atoms with van der Waals surface area (Å²) in [7, 11) is -1.98. The van der Waals surface area contributed by atoms with E-state index in [-0.39, 0.29) is 23.3 Å². The number of nitrogens with one attached hydrogen (secondary N) is 1. The van der Waals surface area contributed by atoms with Crippen molar-refractivity contribution < 1.29 is 13.2 Å². The lowest BCUT2D eigenvalue weighted by Crippen LogP contribution is -2.29. The number of sulfonamides is 1. The van der Waals surface area contributed by atoms with E-state index in [4.69, 9.17) is 5.26 Å². The minimum Gasteiger partial charge on any atom is -0.341 e. The monoisotopic (exact) mass is 307 g/mol. The first-order valence-electron chi connectivity index (χ1n) is 6.69. The normalized spacial score (nSPS) is 14.5. The second kappa shape index (κ2) is 6.24. The Kier molecular flexibility index (Phi) is 4.60. The highest BCUT2D eigenvalue weighted by molar-refractivity contribution is 7.89. The number of carbonyl (C=O) groups excluding carboxylic acids is 1. The molecule has 0 aromatic heterocycles. The molecule has 1 amide bonds. The Morgan fingerprint density at radius 3 is 2.81 bits per heavy atom. The van der Waals surface area contributed by atoms with Crippen LogP contribution in [-0.2, 0) is 10.0 Å². The predicted octanol–water partition coefficient (Wildman–Crippen LogP) is 1.11. The standard InChI is InChI=1S/C14H17N3O3S/c1-17(9-3-8-15)14(18)11-4-2-5-13(10-11)21(19,20)16-12-6-7-12/h2,4-5,10,12,16H,3,6-7,9H2,1H3. The number of hydrogen-bond acceptors (Lipinski definition) is 4. The van der Waals surface area contributed by atoms with Crippen LogP contribution < -0.4 is 4.72 Å². The molecule has 0 bridgehead atoms. The predicted molar refractivity (Wildman–Crippen MR) is 77.0 cm³/mol. The minimum atomic E-state index is -3.57. The molecule has 6 nitrogen and oxygen atoms in total. The fraction of sp³-hybridized carbons (Fsp3) is 0.429. The summed E-state index contributed by atoms with van der Waals surface area (Å²) >= 11 is 0. The Morgan fingerprint density at radius 2 is 2.19 bits per heavy atom. The van der Waals surface area contributed by atoms with Crippen molar-refractivity contribution in [2.24, 2.45) is 0 Å². The Labute approximate surface area is 124 Å².